The molecule has 0 aromatic heterocycles. The molecule has 10 atom stereocenters. The van der Waals surface area contributed by atoms with Gasteiger partial charge in [0.15, 0.2) is 6.10 Å². The molecule has 0 saturated carbocycles. The number of nitrogens with one attached hydrogen (secondary N) is 5. The smallest absolute Gasteiger partial charge is 0.756 e. The summed E-state index contributed by atoms with van der Waals surface area (Å²) >= 11 is 0. The zero-order valence-corrected chi connectivity index (χ0v) is 55.8. The van der Waals surface area contributed by atoms with Crippen LogP contribution < -0.4 is 66.8 Å². The van der Waals surface area contributed by atoms with Crippen LogP contribution in [0.1, 0.15) is 234 Å². The first-order valence-corrected chi connectivity index (χ1v) is 32.7. The van der Waals surface area contributed by atoms with Crippen LogP contribution in [0.4, 0.5) is 0 Å². The SMILES string of the molecule is CCCCCCCCCCCCCCCC(=O)OC[C@H](COP(=O)([O-])OCCNC(=O)[C@H](C)NC(=O)CC[C@@H](NC(=O)[C@H](C)NC(=O)[C@@H](C)OC([C@H](C=O)NC(C)=O)[C@H](O)[C@H](O)CO)C(N)=O)OC(=O)CCCCCCCCCCCCCCC.[Na+]. The Kier molecular flexibility index (Phi) is 52.3. The van der Waals surface area contributed by atoms with Gasteiger partial charge >= 0.3 is 41.5 Å². The Bertz CT molecular complexity index is 1950. The molecule has 0 aliphatic carbocycles. The number of hydrogen-bond acceptors (Lipinski definition) is 19. The van der Waals surface area contributed by atoms with Crippen molar-refractivity contribution in [2.75, 3.05) is 33.0 Å². The van der Waals surface area contributed by atoms with Crippen molar-refractivity contribution < 1.29 is 121 Å². The van der Waals surface area contributed by atoms with Gasteiger partial charge in [-0.2, -0.15) is 0 Å². The number of hydrogen-bond donors (Lipinski definition) is 9. The van der Waals surface area contributed by atoms with Gasteiger partial charge < -0.3 is 80.6 Å². The maximum atomic E-state index is 13.0. The third-order valence-electron chi connectivity index (χ3n) is 14.1. The van der Waals surface area contributed by atoms with E-state index in [0.717, 1.165) is 58.3 Å². The molecule has 0 aliphatic rings. The zero-order valence-electron chi connectivity index (χ0n) is 52.9. The van der Waals surface area contributed by atoms with Gasteiger partial charge in [-0.25, -0.2) is 0 Å². The van der Waals surface area contributed by atoms with E-state index in [-0.39, 0.29) is 61.7 Å². The molecule has 25 nitrogen and oxygen atoms in total. The molecular formula is C59H108N6NaO19P. The minimum absolute atomic E-state index is 0. The quantitative estimate of drug-likeness (QED) is 0.0138. The second-order valence-electron chi connectivity index (χ2n) is 22.0. The monoisotopic (exact) mass is 1260 g/mol. The molecule has 0 radical (unpaired) electrons. The Labute approximate surface area is 533 Å². The predicted octanol–water partition coefficient (Wildman–Crippen LogP) is 1.98. The maximum absolute atomic E-state index is 13.0. The molecule has 494 valence electrons. The Morgan fingerprint density at radius 3 is 1.52 bits per heavy atom. The van der Waals surface area contributed by atoms with Gasteiger partial charge in [0, 0.05) is 32.7 Å². The summed E-state index contributed by atoms with van der Waals surface area (Å²) in [6, 6.07) is -5.54. The van der Waals surface area contributed by atoms with Crippen LogP contribution in [0.5, 0.6) is 0 Å². The summed E-state index contributed by atoms with van der Waals surface area (Å²) in [7, 11) is -5.06. The number of primary amides is 1. The fraction of sp³-hybridized carbons (Fsp3) is 0.847. The van der Waals surface area contributed by atoms with Crippen molar-refractivity contribution in [3.63, 3.8) is 0 Å². The van der Waals surface area contributed by atoms with E-state index in [1.165, 1.54) is 124 Å². The third-order valence-corrected chi connectivity index (χ3v) is 15.1. The Balaban J connectivity index is 0. The predicted molar refractivity (Wildman–Crippen MR) is 317 cm³/mol. The second-order valence-corrected chi connectivity index (χ2v) is 23.4. The van der Waals surface area contributed by atoms with Gasteiger partial charge in [0.2, 0.25) is 35.4 Å². The van der Waals surface area contributed by atoms with Crippen LogP contribution in [0, 0.1) is 0 Å². The average Bonchev–Trinajstić information content (AvgIpc) is 3.34. The first-order valence-electron chi connectivity index (χ1n) is 31.3. The molecule has 2 unspecified atom stereocenters. The summed E-state index contributed by atoms with van der Waals surface area (Å²) in [6.07, 6.45) is 21.0. The van der Waals surface area contributed by atoms with Crippen molar-refractivity contribution in [1.29, 1.82) is 0 Å². The number of phosphoric acid groups is 1. The van der Waals surface area contributed by atoms with Crippen molar-refractivity contribution in [3.05, 3.63) is 0 Å². The number of aliphatic hydroxyl groups is 3. The molecule has 0 aromatic rings. The first-order chi connectivity index (χ1) is 40.5. The van der Waals surface area contributed by atoms with Crippen LogP contribution in [-0.4, -0.2) is 157 Å². The normalized spacial score (nSPS) is 15.1. The summed E-state index contributed by atoms with van der Waals surface area (Å²) in [5.74, 6) is -6.26. The molecule has 0 heterocycles. The summed E-state index contributed by atoms with van der Waals surface area (Å²) < 4.78 is 39.1. The number of carbonyl (C=O) groups is 9. The number of amides is 6. The molecule has 0 bridgehead atoms. The number of ether oxygens (including phenoxy) is 3. The number of unbranched alkanes of at least 4 members (excludes halogenated alkanes) is 24. The number of carbonyl (C=O) groups excluding carboxylic acids is 9. The summed E-state index contributed by atoms with van der Waals surface area (Å²) in [6.45, 7) is 6.18. The number of phosphoric ester groups is 1. The first kappa shape index (κ1) is 84.4. The van der Waals surface area contributed by atoms with E-state index in [2.05, 4.69) is 40.4 Å². The molecule has 0 aromatic carbocycles. The van der Waals surface area contributed by atoms with Crippen LogP contribution in [0.2, 0.25) is 0 Å². The summed E-state index contributed by atoms with van der Waals surface area (Å²) in [5.41, 5.74) is 5.46. The van der Waals surface area contributed by atoms with E-state index >= 15 is 0 Å². The van der Waals surface area contributed by atoms with Gasteiger partial charge in [-0.05, 0) is 40.0 Å². The topological polar surface area (TPSA) is 387 Å². The Hall–Kier alpha value is -3.62. The van der Waals surface area contributed by atoms with Crippen molar-refractivity contribution in [1.82, 2.24) is 26.6 Å². The minimum atomic E-state index is -5.06. The number of aldehydes is 1. The molecule has 0 saturated heterocycles. The molecule has 0 fully saturated rings. The summed E-state index contributed by atoms with van der Waals surface area (Å²) in [5, 5.41) is 41.3. The van der Waals surface area contributed by atoms with E-state index in [9.17, 15) is 67.9 Å². The molecule has 0 aliphatic heterocycles. The number of nitrogens with two attached hydrogens (primary N) is 1. The van der Waals surface area contributed by atoms with Crippen molar-refractivity contribution in [2.45, 2.75) is 289 Å². The standard InChI is InChI=1S/C59H109N6O19P.Na/c1-7-9-11-13-15-17-19-21-23-25-27-29-31-33-52(71)80-41-47(84-53(72)34-32-30-28-26-24-22-20-18-16-14-12-10-8-2)42-82-85(78,79)81-38-37-61-57(75)43(3)62-51(70)36-35-48(56(60)74)65-58(76)44(4)63-59(77)45(5)83-55(54(73)50(69)40-67)49(39-66)64-46(6)68;/h39,43-45,47-50,54-55,67,69,73H,7-38,40-42H2,1-6H3,(H2,60,74)(H,61,75)(H,62,70)(H,63,77)(H,64,68)(H,65,76)(H,78,79);/q;+1/p-1/t43-,44-,45+,47+,48+,49-,50+,54+,55?;/m0./s1. The largest absolute Gasteiger partial charge is 1.00 e. The Morgan fingerprint density at radius 2 is 1.07 bits per heavy atom. The van der Waals surface area contributed by atoms with Gasteiger partial charge in [0.1, 0.15) is 61.5 Å². The van der Waals surface area contributed by atoms with Gasteiger partial charge in [0.25, 0.3) is 7.82 Å². The average molecular weight is 1260 g/mol. The molecule has 6 amide bonds. The fourth-order valence-corrected chi connectivity index (χ4v) is 9.69. The van der Waals surface area contributed by atoms with Crippen molar-refractivity contribution in [3.8, 4) is 0 Å². The van der Waals surface area contributed by atoms with Crippen LogP contribution in [0.15, 0.2) is 0 Å². The van der Waals surface area contributed by atoms with Gasteiger partial charge in [0.05, 0.1) is 19.8 Å². The van der Waals surface area contributed by atoms with Crippen molar-refractivity contribution in [2.24, 2.45) is 5.73 Å². The Morgan fingerprint density at radius 1 is 0.605 bits per heavy atom. The van der Waals surface area contributed by atoms with Crippen LogP contribution in [0.25, 0.3) is 0 Å². The third kappa shape index (κ3) is 44.8. The van der Waals surface area contributed by atoms with Gasteiger partial charge in [-0.1, -0.05) is 168 Å². The zero-order chi connectivity index (χ0) is 63.8. The number of esters is 2. The van der Waals surface area contributed by atoms with E-state index < -0.39 is 143 Å². The molecule has 0 spiro atoms. The number of rotatable bonds is 56. The molecular weight excluding hydrogens is 1150 g/mol. The maximum Gasteiger partial charge on any atom is 1.00 e. The summed E-state index contributed by atoms with van der Waals surface area (Å²) in [4.78, 5) is 125. The fourth-order valence-electron chi connectivity index (χ4n) is 8.95. The van der Waals surface area contributed by atoms with E-state index in [1.807, 2.05) is 0 Å². The van der Waals surface area contributed by atoms with Crippen LogP contribution in [0.3, 0.4) is 0 Å². The van der Waals surface area contributed by atoms with Gasteiger partial charge in [-0.15, -0.1) is 0 Å². The van der Waals surface area contributed by atoms with Gasteiger partial charge in [-0.3, -0.25) is 42.9 Å². The van der Waals surface area contributed by atoms with Crippen LogP contribution in [-0.2, 0) is 71.0 Å². The molecule has 10 N–H and O–H groups in total. The van der Waals surface area contributed by atoms with E-state index in [4.69, 9.17) is 29.0 Å². The second kappa shape index (κ2) is 53.2. The number of aliphatic hydroxyl groups excluding tert-OH is 3. The van der Waals surface area contributed by atoms with E-state index in [1.54, 1.807) is 0 Å². The molecule has 86 heavy (non-hydrogen) atoms. The van der Waals surface area contributed by atoms with Crippen LogP contribution >= 0.6 is 7.82 Å². The van der Waals surface area contributed by atoms with E-state index in [0.29, 0.717) is 12.8 Å². The molecule has 27 heteroatoms. The van der Waals surface area contributed by atoms with Crippen molar-refractivity contribution >= 4 is 61.5 Å². The molecule has 0 rings (SSSR count). The minimum Gasteiger partial charge on any atom is -0.756 e.